The molecule has 1 aliphatic rings. The Bertz CT molecular complexity index is 165. The highest BCUT2D eigenvalue weighted by Crippen LogP contribution is 2.22. The standard InChI is InChI=1S/C10H17FN/c1-8(2)6-12-7-9(3)4-10(12)5-11/h10H,3-7H2,1-2H3/t10-/m0/s1. The van der Waals surface area contributed by atoms with Gasteiger partial charge in [-0.05, 0) is 12.3 Å². The first kappa shape index (κ1) is 9.72. The van der Waals surface area contributed by atoms with Crippen molar-refractivity contribution in [3.63, 3.8) is 0 Å². The SMILES string of the molecule is C=C1C[C@@H](CF)N(C[C](C)C)C1. The van der Waals surface area contributed by atoms with Crippen LogP contribution in [0.25, 0.3) is 0 Å². The Morgan fingerprint density at radius 2 is 2.33 bits per heavy atom. The fraction of sp³-hybridized carbons (Fsp3) is 0.700. The number of hydrogen-bond acceptors (Lipinski definition) is 1. The lowest BCUT2D eigenvalue weighted by Gasteiger charge is -2.22. The molecule has 1 nitrogen and oxygen atoms in total. The molecule has 0 saturated carbocycles. The summed E-state index contributed by atoms with van der Waals surface area (Å²) in [5, 5.41) is 0. The van der Waals surface area contributed by atoms with Gasteiger partial charge in [0.25, 0.3) is 0 Å². The summed E-state index contributed by atoms with van der Waals surface area (Å²) in [5.74, 6) is 1.34. The van der Waals surface area contributed by atoms with Crippen LogP contribution < -0.4 is 0 Å². The molecule has 0 aromatic carbocycles. The molecule has 2 heteroatoms. The molecule has 1 fully saturated rings. The Morgan fingerprint density at radius 1 is 1.67 bits per heavy atom. The summed E-state index contributed by atoms with van der Waals surface area (Å²) in [6.07, 6.45) is 0.837. The number of halogens is 1. The Kier molecular flexibility index (Phi) is 3.27. The van der Waals surface area contributed by atoms with Crippen LogP contribution in [0.5, 0.6) is 0 Å². The summed E-state index contributed by atoms with van der Waals surface area (Å²) in [4.78, 5) is 2.16. The van der Waals surface area contributed by atoms with E-state index in [-0.39, 0.29) is 12.7 Å². The molecule has 0 aromatic heterocycles. The van der Waals surface area contributed by atoms with E-state index in [1.807, 2.05) is 0 Å². The van der Waals surface area contributed by atoms with Gasteiger partial charge in [0.05, 0.1) is 0 Å². The zero-order chi connectivity index (χ0) is 9.14. The number of likely N-dealkylation sites (tertiary alicyclic amines) is 1. The summed E-state index contributed by atoms with van der Waals surface area (Å²) >= 11 is 0. The van der Waals surface area contributed by atoms with Gasteiger partial charge in [-0.2, -0.15) is 0 Å². The Hall–Kier alpha value is -0.370. The van der Waals surface area contributed by atoms with Crippen molar-refractivity contribution < 1.29 is 4.39 Å². The molecule has 0 N–H and O–H groups in total. The van der Waals surface area contributed by atoms with Gasteiger partial charge in [-0.25, -0.2) is 4.39 Å². The minimum atomic E-state index is -0.244. The average molecular weight is 170 g/mol. The van der Waals surface area contributed by atoms with Crippen LogP contribution in [0.2, 0.25) is 0 Å². The first-order valence-corrected chi connectivity index (χ1v) is 4.39. The molecular weight excluding hydrogens is 153 g/mol. The van der Waals surface area contributed by atoms with Crippen LogP contribution in [0, 0.1) is 5.92 Å². The third kappa shape index (κ3) is 2.31. The highest BCUT2D eigenvalue weighted by molar-refractivity contribution is 5.09. The molecule has 69 valence electrons. The largest absolute Gasteiger partial charge is 0.293 e. The summed E-state index contributed by atoms with van der Waals surface area (Å²) in [5.41, 5.74) is 1.17. The van der Waals surface area contributed by atoms with Crippen molar-refractivity contribution in [1.29, 1.82) is 0 Å². The number of hydrogen-bond donors (Lipinski definition) is 0. The van der Waals surface area contributed by atoms with Gasteiger partial charge in [-0.3, -0.25) is 4.90 Å². The maximum atomic E-state index is 12.5. The second kappa shape index (κ2) is 4.04. The molecule has 0 amide bonds. The Morgan fingerprint density at radius 3 is 2.83 bits per heavy atom. The van der Waals surface area contributed by atoms with Gasteiger partial charge in [-0.15, -0.1) is 0 Å². The van der Waals surface area contributed by atoms with Gasteiger partial charge < -0.3 is 0 Å². The lowest BCUT2D eigenvalue weighted by Crippen LogP contribution is -2.33. The van der Waals surface area contributed by atoms with Crippen LogP contribution in [0.4, 0.5) is 4.39 Å². The topological polar surface area (TPSA) is 3.24 Å². The van der Waals surface area contributed by atoms with Crippen molar-refractivity contribution in [2.75, 3.05) is 19.8 Å². The van der Waals surface area contributed by atoms with Crippen molar-refractivity contribution in [1.82, 2.24) is 4.90 Å². The fourth-order valence-electron chi connectivity index (χ4n) is 1.69. The van der Waals surface area contributed by atoms with Crippen LogP contribution in [-0.2, 0) is 0 Å². The molecule has 0 bridgehead atoms. The lowest BCUT2D eigenvalue weighted by molar-refractivity contribution is 0.222. The van der Waals surface area contributed by atoms with Crippen LogP contribution >= 0.6 is 0 Å². The van der Waals surface area contributed by atoms with E-state index in [4.69, 9.17) is 0 Å². The van der Waals surface area contributed by atoms with Crippen molar-refractivity contribution in [2.24, 2.45) is 0 Å². The van der Waals surface area contributed by atoms with Gasteiger partial charge in [0.2, 0.25) is 0 Å². The second-order valence-electron chi connectivity index (χ2n) is 3.87. The first-order valence-electron chi connectivity index (χ1n) is 4.39. The van der Waals surface area contributed by atoms with Gasteiger partial charge >= 0.3 is 0 Å². The van der Waals surface area contributed by atoms with Gasteiger partial charge in [0, 0.05) is 19.1 Å². The zero-order valence-corrected chi connectivity index (χ0v) is 7.94. The monoisotopic (exact) mass is 170 g/mol. The van der Waals surface area contributed by atoms with Gasteiger partial charge in [0.15, 0.2) is 0 Å². The molecule has 1 atom stereocenters. The summed E-state index contributed by atoms with van der Waals surface area (Å²) in [6, 6.07) is 0.0902. The van der Waals surface area contributed by atoms with Crippen molar-refractivity contribution in [3.05, 3.63) is 18.1 Å². The summed E-state index contributed by atoms with van der Waals surface area (Å²) < 4.78 is 12.5. The van der Waals surface area contributed by atoms with E-state index in [0.29, 0.717) is 0 Å². The van der Waals surface area contributed by atoms with Crippen LogP contribution in [0.15, 0.2) is 12.2 Å². The fourth-order valence-corrected chi connectivity index (χ4v) is 1.69. The minimum Gasteiger partial charge on any atom is -0.293 e. The van der Waals surface area contributed by atoms with Crippen LogP contribution in [0.3, 0.4) is 0 Å². The quantitative estimate of drug-likeness (QED) is 0.587. The molecule has 1 rings (SSSR count). The maximum absolute atomic E-state index is 12.5. The van der Waals surface area contributed by atoms with E-state index in [1.54, 1.807) is 0 Å². The highest BCUT2D eigenvalue weighted by atomic mass is 19.1. The third-order valence-electron chi connectivity index (χ3n) is 2.16. The molecule has 1 aliphatic heterocycles. The second-order valence-corrected chi connectivity index (χ2v) is 3.87. The zero-order valence-electron chi connectivity index (χ0n) is 7.94. The predicted molar refractivity (Wildman–Crippen MR) is 49.7 cm³/mol. The molecule has 0 unspecified atom stereocenters. The number of alkyl halides is 1. The van der Waals surface area contributed by atoms with E-state index < -0.39 is 0 Å². The van der Waals surface area contributed by atoms with Crippen LogP contribution in [0.1, 0.15) is 20.3 Å². The van der Waals surface area contributed by atoms with Gasteiger partial charge in [0.1, 0.15) is 6.67 Å². The summed E-state index contributed by atoms with van der Waals surface area (Å²) in [7, 11) is 0. The molecule has 1 saturated heterocycles. The normalized spacial score (nSPS) is 25.7. The molecule has 12 heavy (non-hydrogen) atoms. The Labute approximate surface area is 74.3 Å². The molecule has 0 spiro atoms. The van der Waals surface area contributed by atoms with Crippen molar-refractivity contribution in [2.45, 2.75) is 26.3 Å². The molecule has 0 aliphatic carbocycles. The lowest BCUT2D eigenvalue weighted by atomic mass is 10.2. The van der Waals surface area contributed by atoms with E-state index in [1.165, 1.54) is 11.5 Å². The van der Waals surface area contributed by atoms with E-state index in [9.17, 15) is 4.39 Å². The van der Waals surface area contributed by atoms with E-state index in [0.717, 1.165) is 19.5 Å². The van der Waals surface area contributed by atoms with Crippen molar-refractivity contribution >= 4 is 0 Å². The summed E-state index contributed by atoms with van der Waals surface area (Å²) in [6.45, 7) is 9.59. The van der Waals surface area contributed by atoms with Crippen molar-refractivity contribution in [3.8, 4) is 0 Å². The molecule has 1 heterocycles. The molecular formula is C10H17FN. The molecule has 1 radical (unpaired) electrons. The molecule has 0 aromatic rings. The Balaban J connectivity index is 2.46. The first-order chi connectivity index (χ1) is 5.63. The number of rotatable bonds is 3. The average Bonchev–Trinajstić information content (AvgIpc) is 2.29. The third-order valence-corrected chi connectivity index (χ3v) is 2.16. The van der Waals surface area contributed by atoms with E-state index in [2.05, 4.69) is 25.3 Å². The number of nitrogens with zero attached hydrogens (tertiary/aromatic N) is 1. The highest BCUT2D eigenvalue weighted by Gasteiger charge is 2.26. The van der Waals surface area contributed by atoms with Crippen LogP contribution in [-0.4, -0.2) is 30.7 Å². The minimum absolute atomic E-state index is 0.0902. The van der Waals surface area contributed by atoms with Gasteiger partial charge in [-0.1, -0.05) is 26.0 Å². The smallest absolute Gasteiger partial charge is 0.105 e. The maximum Gasteiger partial charge on any atom is 0.105 e. The predicted octanol–water partition coefficient (Wildman–Crippen LogP) is 2.20. The van der Waals surface area contributed by atoms with E-state index >= 15 is 0 Å².